The number of thiophene rings is 1. The predicted molar refractivity (Wildman–Crippen MR) is 86.4 cm³/mol. The van der Waals surface area contributed by atoms with Crippen LogP contribution in [-0.2, 0) is 6.42 Å². The molecule has 1 aliphatic heterocycles. The van der Waals surface area contributed by atoms with E-state index in [0.29, 0.717) is 11.6 Å². The molecule has 2 aliphatic rings. The van der Waals surface area contributed by atoms with Crippen LogP contribution in [0.4, 0.5) is 0 Å². The monoisotopic (exact) mass is 294 g/mol. The fourth-order valence-corrected chi connectivity index (χ4v) is 5.36. The Kier molecular flexibility index (Phi) is 3.90. The summed E-state index contributed by atoms with van der Waals surface area (Å²) in [6.07, 6.45) is 6.49. The van der Waals surface area contributed by atoms with Gasteiger partial charge in [0.15, 0.2) is 5.17 Å². The number of amidine groups is 1. The van der Waals surface area contributed by atoms with E-state index < -0.39 is 0 Å². The molecular formula is C15H22N2S2. The van der Waals surface area contributed by atoms with E-state index in [1.807, 2.05) is 23.1 Å². The van der Waals surface area contributed by atoms with Gasteiger partial charge in [-0.2, -0.15) is 0 Å². The molecule has 0 amide bonds. The lowest BCUT2D eigenvalue weighted by molar-refractivity contribution is 0.452. The number of aliphatic imine (C=N–C) groups is 1. The maximum atomic E-state index is 4.87. The molecule has 1 aromatic heterocycles. The van der Waals surface area contributed by atoms with Gasteiger partial charge in [0.25, 0.3) is 0 Å². The quantitative estimate of drug-likeness (QED) is 0.911. The summed E-state index contributed by atoms with van der Waals surface area (Å²) < 4.78 is 0. The normalized spacial score (nSPS) is 25.1. The molecule has 1 aliphatic carbocycles. The molecule has 104 valence electrons. The molecule has 1 N–H and O–H groups in total. The molecule has 2 heterocycles. The minimum Gasteiger partial charge on any atom is -0.359 e. The second-order valence-electron chi connectivity index (χ2n) is 5.90. The van der Waals surface area contributed by atoms with Gasteiger partial charge >= 0.3 is 0 Å². The van der Waals surface area contributed by atoms with Crippen LogP contribution in [-0.4, -0.2) is 22.5 Å². The van der Waals surface area contributed by atoms with Gasteiger partial charge in [0.05, 0.1) is 6.04 Å². The van der Waals surface area contributed by atoms with Gasteiger partial charge < -0.3 is 5.32 Å². The molecule has 2 fully saturated rings. The summed E-state index contributed by atoms with van der Waals surface area (Å²) in [7, 11) is 0. The molecule has 1 saturated carbocycles. The summed E-state index contributed by atoms with van der Waals surface area (Å²) in [4.78, 5) is 7.72. The van der Waals surface area contributed by atoms with Crippen molar-refractivity contribution in [2.24, 2.45) is 4.99 Å². The van der Waals surface area contributed by atoms with Gasteiger partial charge in [0, 0.05) is 27.5 Å². The first kappa shape index (κ1) is 13.5. The van der Waals surface area contributed by atoms with E-state index in [1.54, 1.807) is 0 Å². The van der Waals surface area contributed by atoms with Gasteiger partial charge in [-0.1, -0.05) is 24.6 Å². The molecule has 1 atom stereocenters. The second-order valence-corrected chi connectivity index (χ2v) is 8.24. The molecule has 3 rings (SSSR count). The van der Waals surface area contributed by atoms with E-state index >= 15 is 0 Å². The van der Waals surface area contributed by atoms with Crippen LogP contribution >= 0.6 is 23.1 Å². The maximum Gasteiger partial charge on any atom is 0.157 e. The molecule has 2 nitrogen and oxygen atoms in total. The average molecular weight is 294 g/mol. The molecule has 19 heavy (non-hydrogen) atoms. The van der Waals surface area contributed by atoms with Crippen LogP contribution in [0.1, 0.15) is 42.4 Å². The average Bonchev–Trinajstić information content (AvgIpc) is 3.05. The molecular weight excluding hydrogens is 272 g/mol. The largest absolute Gasteiger partial charge is 0.359 e. The van der Waals surface area contributed by atoms with Crippen molar-refractivity contribution in [2.75, 3.05) is 5.75 Å². The summed E-state index contributed by atoms with van der Waals surface area (Å²) in [6.45, 7) is 4.40. The van der Waals surface area contributed by atoms with E-state index in [2.05, 4.69) is 31.3 Å². The highest BCUT2D eigenvalue weighted by Gasteiger charge is 2.39. The fourth-order valence-electron chi connectivity index (χ4n) is 3.03. The van der Waals surface area contributed by atoms with Crippen LogP contribution in [0.15, 0.2) is 17.1 Å². The van der Waals surface area contributed by atoms with Crippen LogP contribution in [0.2, 0.25) is 0 Å². The number of hydrogen-bond donors (Lipinski definition) is 1. The van der Waals surface area contributed by atoms with Gasteiger partial charge in [0.2, 0.25) is 0 Å². The Hall–Kier alpha value is -0.480. The fraction of sp³-hybridized carbons (Fsp3) is 0.667. The van der Waals surface area contributed by atoms with Gasteiger partial charge in [-0.25, -0.2) is 0 Å². The lowest BCUT2D eigenvalue weighted by Crippen LogP contribution is -2.40. The summed E-state index contributed by atoms with van der Waals surface area (Å²) in [6, 6.07) is 4.82. The number of nitrogens with one attached hydrogen (secondary N) is 1. The highest BCUT2D eigenvalue weighted by atomic mass is 32.2. The number of nitrogens with zero attached hydrogens (tertiary/aromatic N) is 1. The lowest BCUT2D eigenvalue weighted by Gasteiger charge is -2.22. The van der Waals surface area contributed by atoms with Crippen LogP contribution < -0.4 is 5.32 Å². The highest BCUT2D eigenvalue weighted by Crippen LogP contribution is 2.37. The van der Waals surface area contributed by atoms with Crippen molar-refractivity contribution in [1.29, 1.82) is 0 Å². The Bertz CT molecular complexity index is 472. The van der Waals surface area contributed by atoms with E-state index in [4.69, 9.17) is 4.99 Å². The number of hydrogen-bond acceptors (Lipinski definition) is 3. The van der Waals surface area contributed by atoms with Crippen LogP contribution in [0.3, 0.4) is 0 Å². The van der Waals surface area contributed by atoms with Crippen molar-refractivity contribution >= 4 is 28.3 Å². The van der Waals surface area contributed by atoms with Crippen molar-refractivity contribution in [1.82, 2.24) is 5.32 Å². The van der Waals surface area contributed by atoms with E-state index in [-0.39, 0.29) is 0 Å². The second kappa shape index (κ2) is 5.49. The van der Waals surface area contributed by atoms with Crippen molar-refractivity contribution in [2.45, 2.75) is 57.5 Å². The molecule has 1 saturated heterocycles. The van der Waals surface area contributed by atoms with Crippen molar-refractivity contribution in [3.05, 3.63) is 21.9 Å². The standard InChI is InChI=1S/C15H22N2S2/c1-11(9-13-6-5-12(2)19-13)16-14-17-15(10-18-14)7-3-4-8-15/h5-6,11H,3-4,7-10H2,1-2H3,(H,16,17). The smallest absolute Gasteiger partial charge is 0.157 e. The molecule has 1 spiro atoms. The van der Waals surface area contributed by atoms with Gasteiger partial charge in [0.1, 0.15) is 0 Å². The zero-order valence-corrected chi connectivity index (χ0v) is 13.4. The van der Waals surface area contributed by atoms with Gasteiger partial charge in [-0.3, -0.25) is 4.99 Å². The van der Waals surface area contributed by atoms with Crippen LogP contribution in [0, 0.1) is 6.92 Å². The predicted octanol–water partition coefficient (Wildman–Crippen LogP) is 3.99. The van der Waals surface area contributed by atoms with E-state index in [0.717, 1.165) is 6.42 Å². The molecule has 4 heteroatoms. The molecule has 1 aromatic rings. The Morgan fingerprint density at radius 2 is 2.16 bits per heavy atom. The summed E-state index contributed by atoms with van der Waals surface area (Å²) in [5.41, 5.74) is 0.392. The first-order valence-electron chi connectivity index (χ1n) is 7.19. The lowest BCUT2D eigenvalue weighted by atomic mass is 10.0. The van der Waals surface area contributed by atoms with Crippen LogP contribution in [0.5, 0.6) is 0 Å². The summed E-state index contributed by atoms with van der Waals surface area (Å²) in [5, 5.41) is 4.89. The first-order valence-corrected chi connectivity index (χ1v) is 9.00. The minimum atomic E-state index is 0.379. The SMILES string of the molecule is Cc1ccc(CC(C)N=C2NC3(CCCC3)CS2)s1. The summed E-state index contributed by atoms with van der Waals surface area (Å²) >= 11 is 3.82. The number of aryl methyl sites for hydroxylation is 1. The highest BCUT2D eigenvalue weighted by molar-refractivity contribution is 8.14. The third-order valence-corrected chi connectivity index (χ3v) is 6.25. The number of thioether (sulfide) groups is 1. The molecule has 0 radical (unpaired) electrons. The Labute approximate surface area is 124 Å². The third-order valence-electron chi connectivity index (χ3n) is 4.05. The van der Waals surface area contributed by atoms with Crippen LogP contribution in [0.25, 0.3) is 0 Å². The molecule has 0 aromatic carbocycles. The van der Waals surface area contributed by atoms with Gasteiger partial charge in [-0.15, -0.1) is 11.3 Å². The Balaban J connectivity index is 1.59. The third kappa shape index (κ3) is 3.16. The first-order chi connectivity index (χ1) is 9.15. The van der Waals surface area contributed by atoms with Crippen molar-refractivity contribution < 1.29 is 0 Å². The van der Waals surface area contributed by atoms with Crippen molar-refractivity contribution in [3.63, 3.8) is 0 Å². The Morgan fingerprint density at radius 3 is 2.84 bits per heavy atom. The van der Waals surface area contributed by atoms with E-state index in [1.165, 1.54) is 46.4 Å². The van der Waals surface area contributed by atoms with Crippen molar-refractivity contribution in [3.8, 4) is 0 Å². The molecule has 1 unspecified atom stereocenters. The van der Waals surface area contributed by atoms with E-state index in [9.17, 15) is 0 Å². The topological polar surface area (TPSA) is 24.4 Å². The zero-order chi connectivity index (χ0) is 13.3. The Morgan fingerprint density at radius 1 is 1.37 bits per heavy atom. The number of rotatable bonds is 3. The van der Waals surface area contributed by atoms with Gasteiger partial charge in [-0.05, 0) is 38.8 Å². The maximum absolute atomic E-state index is 4.87. The molecule has 0 bridgehead atoms. The zero-order valence-electron chi connectivity index (χ0n) is 11.7. The summed E-state index contributed by atoms with van der Waals surface area (Å²) in [5.74, 6) is 1.22. The minimum absolute atomic E-state index is 0.379.